The van der Waals surface area contributed by atoms with Crippen LogP contribution in [-0.4, -0.2) is 60.1 Å². The van der Waals surface area contributed by atoms with Crippen LogP contribution in [0.3, 0.4) is 0 Å². The molecule has 30 heavy (non-hydrogen) atoms. The molecule has 0 unspecified atom stereocenters. The predicted octanol–water partition coefficient (Wildman–Crippen LogP) is 3.80. The van der Waals surface area contributed by atoms with E-state index in [1.807, 2.05) is 36.9 Å². The molecule has 0 spiro atoms. The summed E-state index contributed by atoms with van der Waals surface area (Å²) in [5.41, 5.74) is 5.56. The largest absolute Gasteiger partial charge is 0.339 e. The van der Waals surface area contributed by atoms with Crippen molar-refractivity contribution in [2.45, 2.75) is 32.6 Å². The lowest BCUT2D eigenvalue weighted by molar-refractivity contribution is -0.130. The standard InChI is InChI=1S/C24H31N3O2S/c1-17-8-9-21(14-20(17)4)30-16-23(29)27-12-10-26(11-13-27)15-22(28)25-24-18(2)6-5-7-19(24)3/h5-9,14H,10-13,15-16H2,1-4H3,(H,25,28). The molecular formula is C24H31N3O2S. The molecule has 0 radical (unpaired) electrons. The maximum absolute atomic E-state index is 12.6. The van der Waals surface area contributed by atoms with Crippen LogP contribution in [0, 0.1) is 27.7 Å². The minimum Gasteiger partial charge on any atom is -0.339 e. The number of nitrogens with zero attached hydrogens (tertiary/aromatic N) is 2. The summed E-state index contributed by atoms with van der Waals surface area (Å²) in [5.74, 6) is 0.616. The molecule has 160 valence electrons. The van der Waals surface area contributed by atoms with E-state index in [1.54, 1.807) is 11.8 Å². The number of benzene rings is 2. The van der Waals surface area contributed by atoms with Crippen molar-refractivity contribution < 1.29 is 9.59 Å². The van der Waals surface area contributed by atoms with Gasteiger partial charge in [0.15, 0.2) is 0 Å². The maximum Gasteiger partial charge on any atom is 0.238 e. The van der Waals surface area contributed by atoms with Gasteiger partial charge in [-0.2, -0.15) is 0 Å². The lowest BCUT2D eigenvalue weighted by Crippen LogP contribution is -2.50. The Bertz CT molecular complexity index is 900. The number of hydrogen-bond acceptors (Lipinski definition) is 4. The lowest BCUT2D eigenvalue weighted by atomic mass is 10.1. The van der Waals surface area contributed by atoms with Gasteiger partial charge in [0.05, 0.1) is 12.3 Å². The predicted molar refractivity (Wildman–Crippen MR) is 124 cm³/mol. The Morgan fingerprint density at radius 2 is 1.57 bits per heavy atom. The number of carbonyl (C=O) groups excluding carboxylic acids is 2. The van der Waals surface area contributed by atoms with E-state index in [9.17, 15) is 9.59 Å². The van der Waals surface area contributed by atoms with E-state index in [2.05, 4.69) is 42.3 Å². The average molecular weight is 426 g/mol. The van der Waals surface area contributed by atoms with Gasteiger partial charge in [-0.05, 0) is 62.1 Å². The van der Waals surface area contributed by atoms with E-state index in [0.29, 0.717) is 25.4 Å². The number of amides is 2. The molecule has 0 saturated carbocycles. The highest BCUT2D eigenvalue weighted by atomic mass is 32.2. The summed E-state index contributed by atoms with van der Waals surface area (Å²) in [5, 5.41) is 3.04. The van der Waals surface area contributed by atoms with Crippen molar-refractivity contribution in [2.24, 2.45) is 0 Å². The molecule has 0 aliphatic carbocycles. The summed E-state index contributed by atoms with van der Waals surface area (Å²) in [6.07, 6.45) is 0. The highest BCUT2D eigenvalue weighted by Crippen LogP contribution is 2.22. The Hall–Kier alpha value is -2.31. The van der Waals surface area contributed by atoms with E-state index in [0.717, 1.165) is 34.8 Å². The van der Waals surface area contributed by atoms with Crippen LogP contribution in [0.4, 0.5) is 5.69 Å². The quantitative estimate of drug-likeness (QED) is 0.716. The third-order valence-corrected chi connectivity index (χ3v) is 6.66. The minimum atomic E-state index is -0.00234. The third kappa shape index (κ3) is 5.86. The van der Waals surface area contributed by atoms with Gasteiger partial charge in [-0.25, -0.2) is 0 Å². The third-order valence-electron chi connectivity index (χ3n) is 5.68. The van der Waals surface area contributed by atoms with E-state index in [1.165, 1.54) is 11.1 Å². The Kier molecular flexibility index (Phi) is 7.56. The molecule has 2 aromatic rings. The van der Waals surface area contributed by atoms with Crippen LogP contribution in [0.15, 0.2) is 41.3 Å². The molecular weight excluding hydrogens is 394 g/mol. The first-order valence-electron chi connectivity index (χ1n) is 10.4. The second-order valence-corrected chi connectivity index (χ2v) is 9.06. The van der Waals surface area contributed by atoms with Gasteiger partial charge in [0, 0.05) is 36.8 Å². The minimum absolute atomic E-state index is 0.00234. The average Bonchev–Trinajstić information content (AvgIpc) is 2.72. The fourth-order valence-electron chi connectivity index (χ4n) is 3.59. The summed E-state index contributed by atoms with van der Waals surface area (Å²) in [6, 6.07) is 12.3. The van der Waals surface area contributed by atoms with Gasteiger partial charge in [0.2, 0.25) is 11.8 Å². The number of rotatable bonds is 6. The summed E-state index contributed by atoms with van der Waals surface area (Å²) >= 11 is 1.59. The van der Waals surface area contributed by atoms with E-state index < -0.39 is 0 Å². The Morgan fingerprint density at radius 3 is 2.20 bits per heavy atom. The van der Waals surface area contributed by atoms with Crippen LogP contribution in [0.25, 0.3) is 0 Å². The molecule has 1 fully saturated rings. The molecule has 2 aromatic carbocycles. The number of anilines is 1. The molecule has 1 N–H and O–H groups in total. The monoisotopic (exact) mass is 425 g/mol. The zero-order valence-electron chi connectivity index (χ0n) is 18.3. The van der Waals surface area contributed by atoms with Crippen LogP contribution in [-0.2, 0) is 9.59 Å². The first-order chi connectivity index (χ1) is 14.3. The van der Waals surface area contributed by atoms with Gasteiger partial charge in [-0.1, -0.05) is 24.3 Å². The zero-order chi connectivity index (χ0) is 21.7. The summed E-state index contributed by atoms with van der Waals surface area (Å²) in [7, 11) is 0. The van der Waals surface area contributed by atoms with Crippen molar-refractivity contribution in [2.75, 3.05) is 43.8 Å². The molecule has 5 nitrogen and oxygen atoms in total. The highest BCUT2D eigenvalue weighted by molar-refractivity contribution is 8.00. The van der Waals surface area contributed by atoms with Crippen LogP contribution < -0.4 is 5.32 Å². The van der Waals surface area contributed by atoms with Gasteiger partial charge in [-0.15, -0.1) is 11.8 Å². The molecule has 2 amide bonds. The van der Waals surface area contributed by atoms with E-state index >= 15 is 0 Å². The smallest absolute Gasteiger partial charge is 0.238 e. The van der Waals surface area contributed by atoms with Gasteiger partial charge in [0.25, 0.3) is 0 Å². The molecule has 1 aliphatic rings. The van der Waals surface area contributed by atoms with Crippen molar-refractivity contribution in [3.8, 4) is 0 Å². The van der Waals surface area contributed by atoms with Crippen molar-refractivity contribution in [1.29, 1.82) is 0 Å². The summed E-state index contributed by atoms with van der Waals surface area (Å²) in [4.78, 5) is 30.2. The fourth-order valence-corrected chi connectivity index (χ4v) is 4.49. The van der Waals surface area contributed by atoms with Crippen molar-refractivity contribution >= 4 is 29.3 Å². The molecule has 3 rings (SSSR count). The fraction of sp³-hybridized carbons (Fsp3) is 0.417. The van der Waals surface area contributed by atoms with Gasteiger partial charge in [0.1, 0.15) is 0 Å². The van der Waals surface area contributed by atoms with Crippen LogP contribution in [0.1, 0.15) is 22.3 Å². The van der Waals surface area contributed by atoms with E-state index in [4.69, 9.17) is 0 Å². The van der Waals surface area contributed by atoms with Crippen molar-refractivity contribution in [3.05, 3.63) is 58.7 Å². The second kappa shape index (κ2) is 10.1. The van der Waals surface area contributed by atoms with Crippen LogP contribution >= 0.6 is 11.8 Å². The summed E-state index contributed by atoms with van der Waals surface area (Å²) in [6.45, 7) is 11.3. The maximum atomic E-state index is 12.6. The first kappa shape index (κ1) is 22.4. The van der Waals surface area contributed by atoms with Crippen molar-refractivity contribution in [1.82, 2.24) is 9.80 Å². The zero-order valence-corrected chi connectivity index (χ0v) is 19.1. The Labute approximate surface area is 183 Å². The summed E-state index contributed by atoms with van der Waals surface area (Å²) < 4.78 is 0. The number of para-hydroxylation sites is 1. The molecule has 1 saturated heterocycles. The molecule has 1 heterocycles. The van der Waals surface area contributed by atoms with E-state index in [-0.39, 0.29) is 11.8 Å². The van der Waals surface area contributed by atoms with Crippen molar-refractivity contribution in [3.63, 3.8) is 0 Å². The first-order valence-corrected chi connectivity index (χ1v) is 11.4. The van der Waals surface area contributed by atoms with Crippen LogP contribution in [0.2, 0.25) is 0 Å². The van der Waals surface area contributed by atoms with Crippen LogP contribution in [0.5, 0.6) is 0 Å². The number of aryl methyl sites for hydroxylation is 4. The van der Waals surface area contributed by atoms with Gasteiger partial charge < -0.3 is 10.2 Å². The second-order valence-electron chi connectivity index (χ2n) is 8.01. The highest BCUT2D eigenvalue weighted by Gasteiger charge is 2.22. The Balaban J connectivity index is 1.43. The van der Waals surface area contributed by atoms with Gasteiger partial charge >= 0.3 is 0 Å². The number of carbonyl (C=O) groups is 2. The number of nitrogens with one attached hydrogen (secondary N) is 1. The molecule has 1 aliphatic heterocycles. The number of thioether (sulfide) groups is 1. The SMILES string of the molecule is Cc1ccc(SCC(=O)N2CCN(CC(=O)Nc3c(C)cccc3C)CC2)cc1C. The molecule has 0 bridgehead atoms. The molecule has 0 aromatic heterocycles. The number of hydrogen-bond donors (Lipinski definition) is 1. The molecule has 6 heteroatoms. The lowest BCUT2D eigenvalue weighted by Gasteiger charge is -2.34. The molecule has 0 atom stereocenters. The Morgan fingerprint density at radius 1 is 0.900 bits per heavy atom. The number of piperazine rings is 1. The topological polar surface area (TPSA) is 52.7 Å². The normalized spacial score (nSPS) is 14.6. The van der Waals surface area contributed by atoms with Gasteiger partial charge in [-0.3, -0.25) is 14.5 Å².